The van der Waals surface area contributed by atoms with Gasteiger partial charge >= 0.3 is 0 Å². The van der Waals surface area contributed by atoms with Crippen molar-refractivity contribution in [2.45, 2.75) is 38.1 Å². The van der Waals surface area contributed by atoms with Gasteiger partial charge in [-0.05, 0) is 31.7 Å². The second-order valence-corrected chi connectivity index (χ2v) is 5.09. The van der Waals surface area contributed by atoms with Crippen molar-refractivity contribution in [1.82, 2.24) is 4.90 Å². The number of ether oxygens (including phenoxy) is 1. The van der Waals surface area contributed by atoms with Crippen molar-refractivity contribution in [3.63, 3.8) is 0 Å². The summed E-state index contributed by atoms with van der Waals surface area (Å²) in [5, 5.41) is 0. The van der Waals surface area contributed by atoms with Gasteiger partial charge in [0, 0.05) is 19.7 Å². The summed E-state index contributed by atoms with van der Waals surface area (Å²) in [6.45, 7) is 7.25. The molecule has 0 saturated carbocycles. The van der Waals surface area contributed by atoms with E-state index >= 15 is 0 Å². The molecular weight excluding hydrogens is 188 g/mol. The SMILES string of the molecule is CCC1CCCN(C2(CN)CCOC2)C1. The van der Waals surface area contributed by atoms with Crippen LogP contribution in [0.5, 0.6) is 0 Å². The number of hydrogen-bond donors (Lipinski definition) is 1. The highest BCUT2D eigenvalue weighted by Gasteiger charge is 2.40. The van der Waals surface area contributed by atoms with Gasteiger partial charge in [0.2, 0.25) is 0 Å². The lowest BCUT2D eigenvalue weighted by atomic mass is 9.88. The van der Waals surface area contributed by atoms with Crippen molar-refractivity contribution in [2.24, 2.45) is 11.7 Å². The molecule has 2 aliphatic heterocycles. The van der Waals surface area contributed by atoms with Gasteiger partial charge in [-0.25, -0.2) is 0 Å². The second kappa shape index (κ2) is 4.81. The zero-order valence-corrected chi connectivity index (χ0v) is 9.87. The maximum Gasteiger partial charge on any atom is 0.0663 e. The van der Waals surface area contributed by atoms with Gasteiger partial charge in [-0.1, -0.05) is 13.3 Å². The molecule has 2 fully saturated rings. The standard InChI is InChI=1S/C12H24N2O/c1-2-11-4-3-6-14(8-11)12(9-13)5-7-15-10-12/h11H,2-10,13H2,1H3. The Morgan fingerprint density at radius 2 is 2.40 bits per heavy atom. The van der Waals surface area contributed by atoms with E-state index < -0.39 is 0 Å². The second-order valence-electron chi connectivity index (χ2n) is 5.09. The van der Waals surface area contributed by atoms with Crippen LogP contribution in [-0.4, -0.2) is 43.3 Å². The first-order chi connectivity index (χ1) is 7.30. The van der Waals surface area contributed by atoms with Crippen LogP contribution in [0.3, 0.4) is 0 Å². The number of nitrogens with zero attached hydrogens (tertiary/aromatic N) is 1. The molecular formula is C12H24N2O. The molecule has 2 rings (SSSR count). The molecule has 2 unspecified atom stereocenters. The average Bonchev–Trinajstić information content (AvgIpc) is 2.79. The van der Waals surface area contributed by atoms with E-state index in [2.05, 4.69) is 11.8 Å². The quantitative estimate of drug-likeness (QED) is 0.764. The van der Waals surface area contributed by atoms with Crippen LogP contribution in [0.15, 0.2) is 0 Å². The largest absolute Gasteiger partial charge is 0.379 e. The van der Waals surface area contributed by atoms with Gasteiger partial charge < -0.3 is 10.5 Å². The van der Waals surface area contributed by atoms with Crippen LogP contribution < -0.4 is 5.73 Å². The summed E-state index contributed by atoms with van der Waals surface area (Å²) in [5.41, 5.74) is 6.14. The van der Waals surface area contributed by atoms with Crippen molar-refractivity contribution in [1.29, 1.82) is 0 Å². The summed E-state index contributed by atoms with van der Waals surface area (Å²) in [7, 11) is 0. The van der Waals surface area contributed by atoms with E-state index in [-0.39, 0.29) is 5.54 Å². The molecule has 0 radical (unpaired) electrons. The van der Waals surface area contributed by atoms with Crippen LogP contribution in [-0.2, 0) is 4.74 Å². The lowest BCUT2D eigenvalue weighted by Gasteiger charge is -2.44. The molecule has 0 amide bonds. The molecule has 3 heteroatoms. The summed E-state index contributed by atoms with van der Waals surface area (Å²) in [6.07, 6.45) is 5.16. The number of rotatable bonds is 3. The van der Waals surface area contributed by atoms with Gasteiger partial charge in [0.05, 0.1) is 12.1 Å². The molecule has 2 saturated heterocycles. The fourth-order valence-electron chi connectivity index (χ4n) is 2.97. The van der Waals surface area contributed by atoms with E-state index in [1.165, 1.54) is 32.4 Å². The summed E-state index contributed by atoms with van der Waals surface area (Å²) in [6, 6.07) is 0. The Labute approximate surface area is 93.0 Å². The number of hydrogen-bond acceptors (Lipinski definition) is 3. The van der Waals surface area contributed by atoms with Gasteiger partial charge in [0.15, 0.2) is 0 Å². The number of nitrogens with two attached hydrogens (primary N) is 1. The van der Waals surface area contributed by atoms with E-state index in [4.69, 9.17) is 10.5 Å². The molecule has 3 nitrogen and oxygen atoms in total. The van der Waals surface area contributed by atoms with E-state index in [0.29, 0.717) is 0 Å². The monoisotopic (exact) mass is 212 g/mol. The molecule has 0 aromatic carbocycles. The molecule has 2 N–H and O–H groups in total. The Bertz CT molecular complexity index is 202. The summed E-state index contributed by atoms with van der Waals surface area (Å²) in [4.78, 5) is 2.61. The zero-order valence-electron chi connectivity index (χ0n) is 9.87. The first-order valence-electron chi connectivity index (χ1n) is 6.33. The Balaban J connectivity index is 2.01. The third kappa shape index (κ3) is 2.19. The summed E-state index contributed by atoms with van der Waals surface area (Å²) < 4.78 is 5.55. The Morgan fingerprint density at radius 1 is 1.53 bits per heavy atom. The zero-order chi connectivity index (χ0) is 10.7. The van der Waals surface area contributed by atoms with Crippen LogP contribution in [0, 0.1) is 5.92 Å². The number of likely N-dealkylation sites (tertiary alicyclic amines) is 1. The van der Waals surface area contributed by atoms with E-state index in [0.717, 1.165) is 32.1 Å². The topological polar surface area (TPSA) is 38.5 Å². The first-order valence-corrected chi connectivity index (χ1v) is 6.33. The van der Waals surface area contributed by atoms with Crippen molar-refractivity contribution in [2.75, 3.05) is 32.8 Å². The lowest BCUT2D eigenvalue weighted by Crippen LogP contribution is -2.57. The summed E-state index contributed by atoms with van der Waals surface area (Å²) >= 11 is 0. The molecule has 2 heterocycles. The van der Waals surface area contributed by atoms with Gasteiger partial charge in [-0.15, -0.1) is 0 Å². The third-order valence-corrected chi connectivity index (χ3v) is 4.23. The molecule has 0 spiro atoms. The normalized spacial score (nSPS) is 38.4. The highest BCUT2D eigenvalue weighted by molar-refractivity contribution is 4.96. The van der Waals surface area contributed by atoms with Crippen LogP contribution in [0.2, 0.25) is 0 Å². The van der Waals surface area contributed by atoms with Crippen LogP contribution in [0.1, 0.15) is 32.6 Å². The maximum atomic E-state index is 5.96. The average molecular weight is 212 g/mol. The van der Waals surface area contributed by atoms with E-state index in [1.54, 1.807) is 0 Å². The molecule has 2 atom stereocenters. The van der Waals surface area contributed by atoms with Crippen LogP contribution in [0.25, 0.3) is 0 Å². The molecule has 0 aromatic heterocycles. The minimum absolute atomic E-state index is 0.174. The van der Waals surface area contributed by atoms with Crippen molar-refractivity contribution in [3.8, 4) is 0 Å². The smallest absolute Gasteiger partial charge is 0.0663 e. The number of piperidine rings is 1. The molecule has 0 aliphatic carbocycles. The van der Waals surface area contributed by atoms with Gasteiger partial charge in [0.25, 0.3) is 0 Å². The predicted octanol–water partition coefficient (Wildman–Crippen LogP) is 1.23. The van der Waals surface area contributed by atoms with E-state index in [9.17, 15) is 0 Å². The van der Waals surface area contributed by atoms with Gasteiger partial charge in [0.1, 0.15) is 0 Å². The van der Waals surface area contributed by atoms with Gasteiger partial charge in [-0.3, -0.25) is 4.90 Å². The predicted molar refractivity (Wildman–Crippen MR) is 61.8 cm³/mol. The Kier molecular flexibility index (Phi) is 3.65. The lowest BCUT2D eigenvalue weighted by molar-refractivity contribution is 0.0354. The Hall–Kier alpha value is -0.120. The highest BCUT2D eigenvalue weighted by atomic mass is 16.5. The fraction of sp³-hybridized carbons (Fsp3) is 1.00. The maximum absolute atomic E-state index is 5.96. The Morgan fingerprint density at radius 3 is 3.00 bits per heavy atom. The molecule has 0 bridgehead atoms. The minimum atomic E-state index is 0.174. The molecule has 0 aromatic rings. The summed E-state index contributed by atoms with van der Waals surface area (Å²) in [5.74, 6) is 0.878. The minimum Gasteiger partial charge on any atom is -0.379 e. The first kappa shape index (κ1) is 11.4. The van der Waals surface area contributed by atoms with Crippen molar-refractivity contribution >= 4 is 0 Å². The van der Waals surface area contributed by atoms with Gasteiger partial charge in [-0.2, -0.15) is 0 Å². The van der Waals surface area contributed by atoms with Crippen LogP contribution in [0.4, 0.5) is 0 Å². The molecule has 15 heavy (non-hydrogen) atoms. The van der Waals surface area contributed by atoms with Crippen molar-refractivity contribution < 1.29 is 4.74 Å². The van der Waals surface area contributed by atoms with Crippen molar-refractivity contribution in [3.05, 3.63) is 0 Å². The van der Waals surface area contributed by atoms with E-state index in [1.807, 2.05) is 0 Å². The molecule has 2 aliphatic rings. The highest BCUT2D eigenvalue weighted by Crippen LogP contribution is 2.30. The van der Waals surface area contributed by atoms with Crippen LogP contribution >= 0.6 is 0 Å². The fourth-order valence-corrected chi connectivity index (χ4v) is 2.97. The molecule has 88 valence electrons. The third-order valence-electron chi connectivity index (χ3n) is 4.23.